The first kappa shape index (κ1) is 28.5. The highest BCUT2D eigenvalue weighted by atomic mass is 79.9. The van der Waals surface area contributed by atoms with Crippen molar-refractivity contribution in [3.05, 3.63) is 100 Å². The Hall–Kier alpha value is -3.12. The molecule has 0 spiro atoms. The lowest BCUT2D eigenvalue weighted by Crippen LogP contribution is -2.51. The van der Waals surface area contributed by atoms with E-state index in [1.54, 1.807) is 4.90 Å². The van der Waals surface area contributed by atoms with Crippen molar-refractivity contribution in [1.82, 2.24) is 10.2 Å². The third kappa shape index (κ3) is 8.74. The van der Waals surface area contributed by atoms with Crippen molar-refractivity contribution in [2.45, 2.75) is 58.5 Å². The fraction of sp³-hybridized carbons (Fsp3) is 0.355. The number of hydrogen-bond donors (Lipinski definition) is 1. The van der Waals surface area contributed by atoms with Crippen LogP contribution >= 0.6 is 15.9 Å². The van der Waals surface area contributed by atoms with Crippen molar-refractivity contribution in [2.24, 2.45) is 0 Å². The second kappa shape index (κ2) is 14.6. The molecule has 0 radical (unpaired) electrons. The first-order valence-corrected chi connectivity index (χ1v) is 13.8. The van der Waals surface area contributed by atoms with Gasteiger partial charge in [-0.1, -0.05) is 104 Å². The van der Waals surface area contributed by atoms with Crippen LogP contribution < -0.4 is 10.1 Å². The van der Waals surface area contributed by atoms with E-state index in [4.69, 9.17) is 4.74 Å². The van der Waals surface area contributed by atoms with Gasteiger partial charge in [-0.3, -0.25) is 9.59 Å². The standard InChI is InChI=1S/C31H37BrN2O3/c1-4-5-19-33-31(36)28(20-24-11-7-6-8-12-24)34(21-25-15-17-26(32)18-16-25)30(35)22-37-29-14-10-9-13-27(29)23(2)3/h6-18,23,28H,4-5,19-22H2,1-3H3,(H,33,36)/t28-/m1/s1. The highest BCUT2D eigenvalue weighted by molar-refractivity contribution is 9.10. The predicted molar refractivity (Wildman–Crippen MR) is 153 cm³/mol. The van der Waals surface area contributed by atoms with Gasteiger partial charge in [0.15, 0.2) is 6.61 Å². The Bertz CT molecular complexity index is 1130. The van der Waals surface area contributed by atoms with Crippen molar-refractivity contribution >= 4 is 27.7 Å². The van der Waals surface area contributed by atoms with E-state index in [1.807, 2.05) is 78.9 Å². The molecule has 0 aromatic heterocycles. The Morgan fingerprint density at radius 3 is 2.27 bits per heavy atom. The van der Waals surface area contributed by atoms with Crippen molar-refractivity contribution in [1.29, 1.82) is 0 Å². The maximum atomic E-state index is 13.7. The highest BCUT2D eigenvalue weighted by Crippen LogP contribution is 2.26. The third-order valence-electron chi connectivity index (χ3n) is 6.26. The topological polar surface area (TPSA) is 58.6 Å². The first-order chi connectivity index (χ1) is 17.9. The van der Waals surface area contributed by atoms with Crippen LogP contribution in [0.4, 0.5) is 0 Å². The molecule has 0 aliphatic carbocycles. The summed E-state index contributed by atoms with van der Waals surface area (Å²) in [6, 6.07) is 24.8. The molecule has 0 bridgehead atoms. The number of hydrogen-bond acceptors (Lipinski definition) is 3. The summed E-state index contributed by atoms with van der Waals surface area (Å²) in [4.78, 5) is 28.9. The van der Waals surface area contributed by atoms with E-state index >= 15 is 0 Å². The van der Waals surface area contributed by atoms with Gasteiger partial charge in [-0.25, -0.2) is 0 Å². The summed E-state index contributed by atoms with van der Waals surface area (Å²) in [6.07, 6.45) is 2.29. The number of halogens is 1. The zero-order valence-corrected chi connectivity index (χ0v) is 23.5. The van der Waals surface area contributed by atoms with Gasteiger partial charge >= 0.3 is 0 Å². The smallest absolute Gasteiger partial charge is 0.261 e. The van der Waals surface area contributed by atoms with Crippen LogP contribution in [0.25, 0.3) is 0 Å². The number of amides is 2. The SMILES string of the molecule is CCCCNC(=O)[C@@H](Cc1ccccc1)N(Cc1ccc(Br)cc1)C(=O)COc1ccccc1C(C)C. The van der Waals surface area contributed by atoms with Crippen LogP contribution in [-0.2, 0) is 22.6 Å². The molecule has 0 saturated heterocycles. The van der Waals surface area contributed by atoms with Crippen molar-refractivity contribution in [3.8, 4) is 5.75 Å². The minimum atomic E-state index is -0.667. The van der Waals surface area contributed by atoms with Crippen LogP contribution in [0, 0.1) is 0 Å². The van der Waals surface area contributed by atoms with E-state index in [0.29, 0.717) is 25.3 Å². The quantitative estimate of drug-likeness (QED) is 0.241. The monoisotopic (exact) mass is 564 g/mol. The molecule has 0 unspecified atom stereocenters. The Morgan fingerprint density at radius 1 is 0.919 bits per heavy atom. The van der Waals surface area contributed by atoms with Crippen LogP contribution in [0.15, 0.2) is 83.3 Å². The summed E-state index contributed by atoms with van der Waals surface area (Å²) in [6.45, 7) is 7.02. The molecule has 6 heteroatoms. The van der Waals surface area contributed by atoms with Crippen LogP contribution in [0.1, 0.15) is 56.2 Å². The number of rotatable bonds is 13. The normalized spacial score (nSPS) is 11.7. The molecule has 0 heterocycles. The highest BCUT2D eigenvalue weighted by Gasteiger charge is 2.30. The second-order valence-electron chi connectivity index (χ2n) is 9.48. The van der Waals surface area contributed by atoms with E-state index in [9.17, 15) is 9.59 Å². The van der Waals surface area contributed by atoms with Crippen molar-refractivity contribution < 1.29 is 14.3 Å². The fourth-order valence-electron chi connectivity index (χ4n) is 4.16. The number of carbonyl (C=O) groups excluding carboxylic acids is 2. The summed E-state index contributed by atoms with van der Waals surface area (Å²) in [5, 5.41) is 3.05. The minimum absolute atomic E-state index is 0.145. The summed E-state index contributed by atoms with van der Waals surface area (Å²) in [7, 11) is 0. The van der Waals surface area contributed by atoms with E-state index in [2.05, 4.69) is 42.0 Å². The Labute approximate surface area is 229 Å². The second-order valence-corrected chi connectivity index (χ2v) is 10.4. The summed E-state index contributed by atoms with van der Waals surface area (Å²) >= 11 is 3.48. The van der Waals surface area contributed by atoms with Gasteiger partial charge in [-0.15, -0.1) is 0 Å². The van der Waals surface area contributed by atoms with Crippen LogP contribution in [0.2, 0.25) is 0 Å². The lowest BCUT2D eigenvalue weighted by atomic mass is 10.0. The van der Waals surface area contributed by atoms with Gasteiger partial charge < -0.3 is 15.0 Å². The Balaban J connectivity index is 1.90. The lowest BCUT2D eigenvalue weighted by Gasteiger charge is -2.31. The lowest BCUT2D eigenvalue weighted by molar-refractivity contribution is -0.142. The molecule has 3 aromatic carbocycles. The fourth-order valence-corrected chi connectivity index (χ4v) is 4.42. The number of nitrogens with one attached hydrogen (secondary N) is 1. The molecule has 3 rings (SSSR count). The Morgan fingerprint density at radius 2 is 1.59 bits per heavy atom. The zero-order valence-electron chi connectivity index (χ0n) is 22.0. The van der Waals surface area contributed by atoms with Gasteiger partial charge in [-0.05, 0) is 47.2 Å². The van der Waals surface area contributed by atoms with Gasteiger partial charge in [0.05, 0.1) is 0 Å². The maximum Gasteiger partial charge on any atom is 0.261 e. The van der Waals surface area contributed by atoms with Gasteiger partial charge in [0.25, 0.3) is 5.91 Å². The van der Waals surface area contributed by atoms with Crippen LogP contribution in [-0.4, -0.2) is 35.9 Å². The predicted octanol–water partition coefficient (Wildman–Crippen LogP) is 6.51. The number of unbranched alkanes of at least 4 members (excludes halogenated alkanes) is 1. The first-order valence-electron chi connectivity index (χ1n) is 13.0. The molecular weight excluding hydrogens is 528 g/mol. The number of nitrogens with zero attached hydrogens (tertiary/aromatic N) is 1. The molecule has 2 amide bonds. The number of para-hydroxylation sites is 1. The zero-order chi connectivity index (χ0) is 26.6. The molecule has 3 aromatic rings. The number of ether oxygens (including phenoxy) is 1. The van der Waals surface area contributed by atoms with Crippen molar-refractivity contribution in [3.63, 3.8) is 0 Å². The molecule has 0 aliphatic rings. The Kier molecular flexibility index (Phi) is 11.2. The average Bonchev–Trinajstić information content (AvgIpc) is 2.91. The minimum Gasteiger partial charge on any atom is -0.483 e. The molecular formula is C31H37BrN2O3. The van der Waals surface area contributed by atoms with E-state index < -0.39 is 6.04 Å². The maximum absolute atomic E-state index is 13.7. The van der Waals surface area contributed by atoms with E-state index in [-0.39, 0.29) is 24.3 Å². The van der Waals surface area contributed by atoms with Gasteiger partial charge in [-0.2, -0.15) is 0 Å². The molecule has 0 saturated carbocycles. The molecule has 1 atom stereocenters. The summed E-state index contributed by atoms with van der Waals surface area (Å²) < 4.78 is 7.01. The van der Waals surface area contributed by atoms with Gasteiger partial charge in [0.2, 0.25) is 5.91 Å². The van der Waals surface area contributed by atoms with Gasteiger partial charge in [0.1, 0.15) is 11.8 Å². The molecule has 37 heavy (non-hydrogen) atoms. The van der Waals surface area contributed by atoms with Crippen molar-refractivity contribution in [2.75, 3.05) is 13.2 Å². The van der Waals surface area contributed by atoms with Crippen LogP contribution in [0.3, 0.4) is 0 Å². The number of carbonyl (C=O) groups is 2. The summed E-state index contributed by atoms with van der Waals surface area (Å²) in [5.41, 5.74) is 2.99. The van der Waals surface area contributed by atoms with Gasteiger partial charge in [0, 0.05) is 24.0 Å². The van der Waals surface area contributed by atoms with Crippen LogP contribution in [0.5, 0.6) is 5.75 Å². The summed E-state index contributed by atoms with van der Waals surface area (Å²) in [5.74, 6) is 0.584. The average molecular weight is 566 g/mol. The largest absolute Gasteiger partial charge is 0.483 e. The van der Waals surface area contributed by atoms with E-state index in [1.165, 1.54) is 0 Å². The molecule has 1 N–H and O–H groups in total. The molecule has 5 nitrogen and oxygen atoms in total. The molecule has 196 valence electrons. The third-order valence-corrected chi connectivity index (χ3v) is 6.79. The van der Waals surface area contributed by atoms with E-state index in [0.717, 1.165) is 34.0 Å². The molecule has 0 fully saturated rings. The number of benzene rings is 3. The molecule has 0 aliphatic heterocycles.